The van der Waals surface area contributed by atoms with Crippen molar-refractivity contribution < 1.29 is 13.5 Å². The van der Waals surface area contributed by atoms with E-state index in [1.165, 1.54) is 6.07 Å². The minimum Gasteiger partial charge on any atom is -0.491 e. The summed E-state index contributed by atoms with van der Waals surface area (Å²) in [4.78, 5) is 0. The minimum absolute atomic E-state index is 0.0668. The van der Waals surface area contributed by atoms with E-state index in [0.717, 1.165) is 23.4 Å². The van der Waals surface area contributed by atoms with Crippen LogP contribution in [-0.4, -0.2) is 6.10 Å². The highest BCUT2D eigenvalue weighted by atomic mass is 19.1. The van der Waals surface area contributed by atoms with E-state index in [-0.39, 0.29) is 18.1 Å². The Kier molecular flexibility index (Phi) is 4.91. The minimum atomic E-state index is -0.463. The zero-order chi connectivity index (χ0) is 15.4. The van der Waals surface area contributed by atoms with Crippen LogP contribution in [0.15, 0.2) is 42.5 Å². The van der Waals surface area contributed by atoms with Gasteiger partial charge in [0.2, 0.25) is 0 Å². The van der Waals surface area contributed by atoms with Crippen LogP contribution in [0.3, 0.4) is 0 Å². The quantitative estimate of drug-likeness (QED) is 0.904. The van der Waals surface area contributed by atoms with Gasteiger partial charge in [-0.05, 0) is 61.7 Å². The molecule has 0 fully saturated rings. The van der Waals surface area contributed by atoms with Gasteiger partial charge in [-0.15, -0.1) is 0 Å². The third-order valence-electron chi connectivity index (χ3n) is 3.11. The second-order valence-corrected chi connectivity index (χ2v) is 5.29. The molecule has 2 nitrogen and oxygen atoms in total. The second kappa shape index (κ2) is 6.68. The van der Waals surface area contributed by atoms with Gasteiger partial charge in [-0.25, -0.2) is 8.78 Å². The Hall–Kier alpha value is -1.94. The summed E-state index contributed by atoms with van der Waals surface area (Å²) < 4.78 is 32.4. The van der Waals surface area contributed by atoms with Crippen LogP contribution in [0.2, 0.25) is 0 Å². The third kappa shape index (κ3) is 4.26. The molecule has 0 saturated heterocycles. The van der Waals surface area contributed by atoms with Crippen LogP contribution in [0.1, 0.15) is 31.0 Å². The molecule has 2 aromatic carbocycles. The average molecular weight is 291 g/mol. The fourth-order valence-electron chi connectivity index (χ4n) is 2.15. The summed E-state index contributed by atoms with van der Waals surface area (Å²) in [6.07, 6.45) is 0.298. The standard InChI is InChI=1S/C17H19F2NO/c1-11(2)21-15-5-3-4-12(9-15)17(20)10-13-8-14(18)6-7-16(13)19/h3-9,11,17H,10,20H2,1-2H3. The molecule has 0 saturated carbocycles. The molecular formula is C17H19F2NO. The number of benzene rings is 2. The molecule has 2 rings (SSSR count). The van der Waals surface area contributed by atoms with Crippen LogP contribution in [-0.2, 0) is 6.42 Å². The van der Waals surface area contributed by atoms with Crippen LogP contribution in [0.25, 0.3) is 0 Å². The van der Waals surface area contributed by atoms with Gasteiger partial charge in [0.15, 0.2) is 0 Å². The number of hydrogen-bond acceptors (Lipinski definition) is 2. The summed E-state index contributed by atoms with van der Waals surface area (Å²) in [7, 11) is 0. The van der Waals surface area contributed by atoms with Gasteiger partial charge in [-0.3, -0.25) is 0 Å². The fourth-order valence-corrected chi connectivity index (χ4v) is 2.15. The molecule has 112 valence electrons. The van der Waals surface area contributed by atoms with E-state index in [9.17, 15) is 8.78 Å². The van der Waals surface area contributed by atoms with E-state index < -0.39 is 17.7 Å². The lowest BCUT2D eigenvalue weighted by molar-refractivity contribution is 0.242. The molecule has 2 aromatic rings. The van der Waals surface area contributed by atoms with Crippen molar-refractivity contribution in [3.8, 4) is 5.75 Å². The van der Waals surface area contributed by atoms with Crippen molar-refractivity contribution in [2.24, 2.45) is 5.73 Å². The van der Waals surface area contributed by atoms with Gasteiger partial charge >= 0.3 is 0 Å². The Balaban J connectivity index is 2.16. The van der Waals surface area contributed by atoms with Crippen molar-refractivity contribution in [2.75, 3.05) is 0 Å². The van der Waals surface area contributed by atoms with Crippen molar-refractivity contribution >= 4 is 0 Å². The maximum absolute atomic E-state index is 13.7. The summed E-state index contributed by atoms with van der Waals surface area (Å²) >= 11 is 0. The molecule has 1 unspecified atom stereocenters. The number of halogens is 2. The van der Waals surface area contributed by atoms with Crippen LogP contribution < -0.4 is 10.5 Å². The van der Waals surface area contributed by atoms with Gasteiger partial charge in [0.1, 0.15) is 17.4 Å². The van der Waals surface area contributed by atoms with E-state index >= 15 is 0 Å². The molecule has 0 spiro atoms. The highest BCUT2D eigenvalue weighted by Gasteiger charge is 2.12. The molecule has 0 aliphatic heterocycles. The molecule has 0 aliphatic carbocycles. The second-order valence-electron chi connectivity index (χ2n) is 5.29. The molecule has 0 bridgehead atoms. The molecule has 0 aliphatic rings. The van der Waals surface area contributed by atoms with Gasteiger partial charge in [0.25, 0.3) is 0 Å². The van der Waals surface area contributed by atoms with Gasteiger partial charge in [0.05, 0.1) is 6.10 Å². The maximum Gasteiger partial charge on any atom is 0.126 e. The Labute approximate surface area is 123 Å². The predicted octanol–water partition coefficient (Wildman–Crippen LogP) is 3.99. The van der Waals surface area contributed by atoms with E-state index in [0.29, 0.717) is 0 Å². The number of hydrogen-bond donors (Lipinski definition) is 1. The van der Waals surface area contributed by atoms with Gasteiger partial charge in [0, 0.05) is 6.04 Å². The Morgan fingerprint density at radius 2 is 1.86 bits per heavy atom. The lowest BCUT2D eigenvalue weighted by Gasteiger charge is -2.15. The first-order valence-electron chi connectivity index (χ1n) is 6.92. The van der Waals surface area contributed by atoms with Crippen molar-refractivity contribution in [3.05, 3.63) is 65.2 Å². The predicted molar refractivity (Wildman–Crippen MR) is 79.2 cm³/mol. The summed E-state index contributed by atoms with van der Waals surface area (Å²) in [6.45, 7) is 3.88. The zero-order valence-corrected chi connectivity index (χ0v) is 12.1. The topological polar surface area (TPSA) is 35.2 Å². The Morgan fingerprint density at radius 3 is 2.57 bits per heavy atom. The van der Waals surface area contributed by atoms with Crippen LogP contribution >= 0.6 is 0 Å². The lowest BCUT2D eigenvalue weighted by Crippen LogP contribution is -2.15. The molecule has 0 heterocycles. The van der Waals surface area contributed by atoms with Crippen LogP contribution in [0.4, 0.5) is 8.78 Å². The molecule has 2 N–H and O–H groups in total. The number of ether oxygens (including phenoxy) is 1. The fraction of sp³-hybridized carbons (Fsp3) is 0.294. The Morgan fingerprint density at radius 1 is 1.10 bits per heavy atom. The van der Waals surface area contributed by atoms with E-state index in [4.69, 9.17) is 10.5 Å². The van der Waals surface area contributed by atoms with Crippen molar-refractivity contribution in [3.63, 3.8) is 0 Å². The first kappa shape index (κ1) is 15.4. The molecular weight excluding hydrogens is 272 g/mol. The maximum atomic E-state index is 13.7. The number of nitrogens with two attached hydrogens (primary N) is 1. The molecule has 1 atom stereocenters. The summed E-state index contributed by atoms with van der Waals surface area (Å²) in [5.74, 6) is -0.186. The first-order chi connectivity index (χ1) is 9.95. The van der Waals surface area contributed by atoms with Gasteiger partial charge < -0.3 is 10.5 Å². The summed E-state index contributed by atoms with van der Waals surface area (Å²) in [5, 5.41) is 0. The largest absolute Gasteiger partial charge is 0.491 e. The van der Waals surface area contributed by atoms with E-state index in [2.05, 4.69) is 0 Å². The normalized spacial score (nSPS) is 12.5. The number of rotatable bonds is 5. The van der Waals surface area contributed by atoms with Crippen molar-refractivity contribution in [2.45, 2.75) is 32.4 Å². The van der Waals surface area contributed by atoms with Gasteiger partial charge in [-0.1, -0.05) is 12.1 Å². The Bertz CT molecular complexity index is 613. The van der Waals surface area contributed by atoms with Crippen molar-refractivity contribution in [1.82, 2.24) is 0 Å². The first-order valence-corrected chi connectivity index (χ1v) is 6.92. The highest BCUT2D eigenvalue weighted by molar-refractivity contribution is 5.32. The van der Waals surface area contributed by atoms with Crippen LogP contribution in [0, 0.1) is 11.6 Å². The molecule has 4 heteroatoms. The highest BCUT2D eigenvalue weighted by Crippen LogP contribution is 2.23. The SMILES string of the molecule is CC(C)Oc1cccc(C(N)Cc2cc(F)ccc2F)c1. The van der Waals surface area contributed by atoms with Crippen molar-refractivity contribution in [1.29, 1.82) is 0 Å². The van der Waals surface area contributed by atoms with E-state index in [1.807, 2.05) is 38.1 Å². The van der Waals surface area contributed by atoms with E-state index in [1.54, 1.807) is 0 Å². The smallest absolute Gasteiger partial charge is 0.126 e. The average Bonchev–Trinajstić information content (AvgIpc) is 2.42. The molecule has 0 radical (unpaired) electrons. The summed E-state index contributed by atoms with van der Waals surface area (Å²) in [5.41, 5.74) is 7.21. The van der Waals surface area contributed by atoms with Gasteiger partial charge in [-0.2, -0.15) is 0 Å². The molecule has 0 amide bonds. The summed E-state index contributed by atoms with van der Waals surface area (Å²) in [6, 6.07) is 10.4. The molecule has 21 heavy (non-hydrogen) atoms. The lowest BCUT2D eigenvalue weighted by atomic mass is 9.99. The third-order valence-corrected chi connectivity index (χ3v) is 3.11. The molecule has 0 aromatic heterocycles. The monoisotopic (exact) mass is 291 g/mol. The zero-order valence-electron chi connectivity index (χ0n) is 12.1. The van der Waals surface area contributed by atoms with Crippen LogP contribution in [0.5, 0.6) is 5.75 Å².